The zero-order chi connectivity index (χ0) is 17.0. The standard InChI is InChI=1S/C17H17ClF2N2O/c1-10(12-4-3-5-14(18)8-12)21-17(23)22-11(2)13-6-7-15(19)16(20)9-13/h3-11H,1-2H3,(H2,21,22,23). The van der Waals surface area contributed by atoms with E-state index in [-0.39, 0.29) is 6.04 Å². The van der Waals surface area contributed by atoms with Crippen molar-refractivity contribution < 1.29 is 13.6 Å². The monoisotopic (exact) mass is 338 g/mol. The maximum absolute atomic E-state index is 13.2. The van der Waals surface area contributed by atoms with Crippen LogP contribution in [-0.4, -0.2) is 6.03 Å². The molecule has 2 aromatic rings. The zero-order valence-corrected chi connectivity index (χ0v) is 13.5. The lowest BCUT2D eigenvalue weighted by molar-refractivity contribution is 0.235. The van der Waals surface area contributed by atoms with Gasteiger partial charge in [-0.25, -0.2) is 13.6 Å². The van der Waals surface area contributed by atoms with Crippen LogP contribution < -0.4 is 10.6 Å². The van der Waals surface area contributed by atoms with Crippen molar-refractivity contribution in [1.29, 1.82) is 0 Å². The molecule has 0 fully saturated rings. The third kappa shape index (κ3) is 4.66. The Bertz CT molecular complexity index is 709. The SMILES string of the molecule is CC(NC(=O)NC(C)c1ccc(F)c(F)c1)c1cccc(Cl)c1. The summed E-state index contributed by atoms with van der Waals surface area (Å²) in [7, 11) is 0. The second-order valence-corrected chi connectivity index (χ2v) is 5.73. The molecule has 23 heavy (non-hydrogen) atoms. The third-order valence-electron chi connectivity index (χ3n) is 3.49. The van der Waals surface area contributed by atoms with E-state index < -0.39 is 23.7 Å². The van der Waals surface area contributed by atoms with E-state index >= 15 is 0 Å². The number of nitrogens with one attached hydrogen (secondary N) is 2. The predicted octanol–water partition coefficient (Wildman–Crippen LogP) is 4.74. The maximum atomic E-state index is 13.2. The van der Waals surface area contributed by atoms with E-state index in [1.807, 2.05) is 13.0 Å². The fraction of sp³-hybridized carbons (Fsp3) is 0.235. The molecule has 0 aliphatic carbocycles. The molecule has 122 valence electrons. The Morgan fingerprint density at radius 3 is 2.13 bits per heavy atom. The first kappa shape index (κ1) is 17.2. The van der Waals surface area contributed by atoms with E-state index in [4.69, 9.17) is 11.6 Å². The minimum absolute atomic E-state index is 0.245. The van der Waals surface area contributed by atoms with Crippen LogP contribution in [-0.2, 0) is 0 Å². The van der Waals surface area contributed by atoms with Gasteiger partial charge in [-0.2, -0.15) is 0 Å². The van der Waals surface area contributed by atoms with Gasteiger partial charge in [0.15, 0.2) is 11.6 Å². The van der Waals surface area contributed by atoms with Crippen LogP contribution in [0.1, 0.15) is 37.1 Å². The van der Waals surface area contributed by atoms with Crippen LogP contribution in [0.15, 0.2) is 42.5 Å². The molecule has 3 nitrogen and oxygen atoms in total. The molecule has 2 aromatic carbocycles. The third-order valence-corrected chi connectivity index (χ3v) is 3.72. The summed E-state index contributed by atoms with van der Waals surface area (Å²) < 4.78 is 26.2. The molecule has 2 amide bonds. The summed E-state index contributed by atoms with van der Waals surface area (Å²) in [4.78, 5) is 12.0. The first-order chi connectivity index (χ1) is 10.9. The molecule has 0 aliphatic heterocycles. The summed E-state index contributed by atoms with van der Waals surface area (Å²) in [6.07, 6.45) is 0. The van der Waals surface area contributed by atoms with Gasteiger partial charge in [0.05, 0.1) is 12.1 Å². The summed E-state index contributed by atoms with van der Waals surface area (Å²) in [6.45, 7) is 3.52. The topological polar surface area (TPSA) is 41.1 Å². The molecule has 0 heterocycles. The second-order valence-electron chi connectivity index (χ2n) is 5.29. The Labute approximate surface area is 138 Å². The number of carbonyl (C=O) groups is 1. The molecule has 0 spiro atoms. The minimum Gasteiger partial charge on any atom is -0.332 e. The van der Waals surface area contributed by atoms with E-state index in [2.05, 4.69) is 10.6 Å². The largest absolute Gasteiger partial charge is 0.332 e. The Hall–Kier alpha value is -2.14. The fourth-order valence-electron chi connectivity index (χ4n) is 2.16. The summed E-state index contributed by atoms with van der Waals surface area (Å²) in [5, 5.41) is 6.05. The normalized spacial score (nSPS) is 13.3. The maximum Gasteiger partial charge on any atom is 0.315 e. The highest BCUT2D eigenvalue weighted by atomic mass is 35.5. The average Bonchev–Trinajstić information content (AvgIpc) is 2.49. The van der Waals surface area contributed by atoms with Crippen molar-refractivity contribution in [1.82, 2.24) is 10.6 Å². The van der Waals surface area contributed by atoms with Gasteiger partial charge in [-0.1, -0.05) is 29.8 Å². The van der Waals surface area contributed by atoms with Gasteiger partial charge in [-0.15, -0.1) is 0 Å². The van der Waals surface area contributed by atoms with E-state index in [9.17, 15) is 13.6 Å². The summed E-state index contributed by atoms with van der Waals surface area (Å²) >= 11 is 5.92. The summed E-state index contributed by atoms with van der Waals surface area (Å²) in [5.74, 6) is -1.86. The Balaban J connectivity index is 1.97. The lowest BCUT2D eigenvalue weighted by Gasteiger charge is -2.19. The smallest absolute Gasteiger partial charge is 0.315 e. The molecular formula is C17H17ClF2N2O. The van der Waals surface area contributed by atoms with Gasteiger partial charge in [0.1, 0.15) is 0 Å². The molecule has 0 aromatic heterocycles. The molecule has 2 unspecified atom stereocenters. The molecule has 2 rings (SSSR count). The van der Waals surface area contributed by atoms with E-state index in [1.165, 1.54) is 6.07 Å². The first-order valence-corrected chi connectivity index (χ1v) is 7.52. The van der Waals surface area contributed by atoms with Gasteiger partial charge < -0.3 is 10.6 Å². The fourth-order valence-corrected chi connectivity index (χ4v) is 2.36. The van der Waals surface area contributed by atoms with Crippen LogP contribution in [0.3, 0.4) is 0 Å². The van der Waals surface area contributed by atoms with Crippen molar-refractivity contribution in [2.45, 2.75) is 25.9 Å². The van der Waals surface area contributed by atoms with E-state index in [0.29, 0.717) is 10.6 Å². The lowest BCUT2D eigenvalue weighted by Crippen LogP contribution is -2.38. The molecule has 0 bridgehead atoms. The van der Waals surface area contributed by atoms with Crippen LogP contribution in [0.4, 0.5) is 13.6 Å². The predicted molar refractivity (Wildman–Crippen MR) is 86.3 cm³/mol. The Morgan fingerprint density at radius 1 is 0.957 bits per heavy atom. The van der Waals surface area contributed by atoms with Gasteiger partial charge in [0, 0.05) is 5.02 Å². The number of hydrogen-bond acceptors (Lipinski definition) is 1. The number of rotatable bonds is 4. The molecule has 0 radical (unpaired) electrons. The molecule has 0 saturated heterocycles. The molecule has 0 aliphatic rings. The van der Waals surface area contributed by atoms with Gasteiger partial charge in [-0.05, 0) is 49.2 Å². The van der Waals surface area contributed by atoms with Crippen LogP contribution in [0.2, 0.25) is 5.02 Å². The van der Waals surface area contributed by atoms with Crippen molar-refractivity contribution in [3.05, 3.63) is 70.2 Å². The number of hydrogen-bond donors (Lipinski definition) is 2. The average molecular weight is 339 g/mol. The highest BCUT2D eigenvalue weighted by Gasteiger charge is 2.14. The molecular weight excluding hydrogens is 322 g/mol. The lowest BCUT2D eigenvalue weighted by atomic mass is 10.1. The number of carbonyl (C=O) groups excluding carboxylic acids is 1. The Kier molecular flexibility index (Phi) is 5.55. The molecule has 2 N–H and O–H groups in total. The van der Waals surface area contributed by atoms with Gasteiger partial charge >= 0.3 is 6.03 Å². The highest BCUT2D eigenvalue weighted by Crippen LogP contribution is 2.18. The van der Waals surface area contributed by atoms with Crippen molar-refractivity contribution in [3.8, 4) is 0 Å². The Morgan fingerprint density at radius 2 is 1.57 bits per heavy atom. The highest BCUT2D eigenvalue weighted by molar-refractivity contribution is 6.30. The summed E-state index contributed by atoms with van der Waals surface area (Å²) in [6, 6.07) is 9.61. The number of urea groups is 1. The quantitative estimate of drug-likeness (QED) is 0.830. The zero-order valence-electron chi connectivity index (χ0n) is 12.7. The van der Waals surface area contributed by atoms with Crippen LogP contribution in [0.25, 0.3) is 0 Å². The van der Waals surface area contributed by atoms with Crippen molar-refractivity contribution >= 4 is 17.6 Å². The summed E-state index contributed by atoms with van der Waals surface area (Å²) in [5.41, 5.74) is 1.35. The van der Waals surface area contributed by atoms with Gasteiger partial charge in [-0.3, -0.25) is 0 Å². The first-order valence-electron chi connectivity index (χ1n) is 7.14. The molecule has 6 heteroatoms. The van der Waals surface area contributed by atoms with E-state index in [1.54, 1.807) is 25.1 Å². The number of benzene rings is 2. The van der Waals surface area contributed by atoms with Crippen molar-refractivity contribution in [2.24, 2.45) is 0 Å². The number of halogens is 3. The molecule has 0 saturated carbocycles. The molecule has 2 atom stereocenters. The van der Waals surface area contributed by atoms with Crippen LogP contribution in [0.5, 0.6) is 0 Å². The van der Waals surface area contributed by atoms with Crippen LogP contribution >= 0.6 is 11.6 Å². The number of amides is 2. The van der Waals surface area contributed by atoms with Gasteiger partial charge in [0.2, 0.25) is 0 Å². The second kappa shape index (κ2) is 7.42. The van der Waals surface area contributed by atoms with E-state index in [0.717, 1.165) is 17.7 Å². The minimum atomic E-state index is -0.941. The van der Waals surface area contributed by atoms with Crippen LogP contribution in [0, 0.1) is 11.6 Å². The van der Waals surface area contributed by atoms with Crippen molar-refractivity contribution in [3.63, 3.8) is 0 Å². The van der Waals surface area contributed by atoms with Crippen molar-refractivity contribution in [2.75, 3.05) is 0 Å². The van der Waals surface area contributed by atoms with Gasteiger partial charge in [0.25, 0.3) is 0 Å².